The molecule has 0 aliphatic heterocycles. The minimum Gasteiger partial charge on any atom is -0.481 e. The average molecular weight is 271 g/mol. The SMILES string of the molecule is COC1(C(=O)NCCC(C)(C)C(=O)O)CCCCC1. The van der Waals surface area contributed by atoms with E-state index in [0.717, 1.165) is 32.1 Å². The Morgan fingerprint density at radius 3 is 2.32 bits per heavy atom. The molecule has 0 radical (unpaired) electrons. The van der Waals surface area contributed by atoms with Crippen LogP contribution in [0.25, 0.3) is 0 Å². The van der Waals surface area contributed by atoms with E-state index in [4.69, 9.17) is 9.84 Å². The highest BCUT2D eigenvalue weighted by atomic mass is 16.5. The van der Waals surface area contributed by atoms with Crippen LogP contribution in [-0.2, 0) is 14.3 Å². The van der Waals surface area contributed by atoms with E-state index >= 15 is 0 Å². The number of carbonyl (C=O) groups is 2. The second-order valence-corrected chi connectivity index (χ2v) is 5.95. The molecule has 0 spiro atoms. The summed E-state index contributed by atoms with van der Waals surface area (Å²) in [5.74, 6) is -0.947. The molecule has 1 fully saturated rings. The van der Waals surface area contributed by atoms with Gasteiger partial charge in [-0.05, 0) is 33.1 Å². The molecule has 110 valence electrons. The van der Waals surface area contributed by atoms with Crippen molar-refractivity contribution in [3.05, 3.63) is 0 Å². The Kier molecular flexibility index (Phi) is 5.35. The van der Waals surface area contributed by atoms with Gasteiger partial charge in [-0.2, -0.15) is 0 Å². The van der Waals surface area contributed by atoms with Crippen molar-refractivity contribution in [3.8, 4) is 0 Å². The standard InChI is InChI=1S/C14H25NO4/c1-13(2,12(17)18)9-10-15-11(16)14(19-3)7-5-4-6-8-14/h4-10H2,1-3H3,(H,15,16)(H,17,18). The van der Waals surface area contributed by atoms with Crippen LogP contribution >= 0.6 is 0 Å². The molecule has 1 amide bonds. The molecule has 0 unspecified atom stereocenters. The van der Waals surface area contributed by atoms with Crippen LogP contribution in [0.15, 0.2) is 0 Å². The Morgan fingerprint density at radius 1 is 1.26 bits per heavy atom. The summed E-state index contributed by atoms with van der Waals surface area (Å²) in [7, 11) is 1.58. The number of carbonyl (C=O) groups excluding carboxylic acids is 1. The Labute approximate surface area is 114 Å². The summed E-state index contributed by atoms with van der Waals surface area (Å²) in [6.07, 6.45) is 5.05. The summed E-state index contributed by atoms with van der Waals surface area (Å²) in [5.41, 5.74) is -1.52. The summed E-state index contributed by atoms with van der Waals surface area (Å²) < 4.78 is 5.44. The average Bonchev–Trinajstić information content (AvgIpc) is 2.39. The van der Waals surface area contributed by atoms with Crippen LogP contribution in [-0.4, -0.2) is 36.2 Å². The van der Waals surface area contributed by atoms with Crippen molar-refractivity contribution in [2.45, 2.75) is 58.0 Å². The van der Waals surface area contributed by atoms with E-state index < -0.39 is 17.0 Å². The first-order valence-corrected chi connectivity index (χ1v) is 6.91. The second-order valence-electron chi connectivity index (χ2n) is 5.95. The van der Waals surface area contributed by atoms with Crippen molar-refractivity contribution in [2.75, 3.05) is 13.7 Å². The summed E-state index contributed by atoms with van der Waals surface area (Å²) in [6.45, 7) is 3.69. The van der Waals surface area contributed by atoms with Crippen LogP contribution in [0.3, 0.4) is 0 Å². The zero-order chi connectivity index (χ0) is 14.5. The van der Waals surface area contributed by atoms with Gasteiger partial charge in [-0.3, -0.25) is 9.59 Å². The molecule has 1 aliphatic rings. The largest absolute Gasteiger partial charge is 0.481 e. The lowest BCUT2D eigenvalue weighted by molar-refractivity contribution is -0.150. The van der Waals surface area contributed by atoms with Gasteiger partial charge in [-0.25, -0.2) is 0 Å². The van der Waals surface area contributed by atoms with Crippen LogP contribution in [0.1, 0.15) is 52.4 Å². The topological polar surface area (TPSA) is 75.6 Å². The van der Waals surface area contributed by atoms with Gasteiger partial charge in [0.15, 0.2) is 0 Å². The van der Waals surface area contributed by atoms with Crippen LogP contribution in [0.4, 0.5) is 0 Å². The first-order valence-electron chi connectivity index (χ1n) is 6.91. The van der Waals surface area contributed by atoms with E-state index in [1.165, 1.54) is 0 Å². The van der Waals surface area contributed by atoms with Crippen molar-refractivity contribution in [3.63, 3.8) is 0 Å². The maximum absolute atomic E-state index is 12.2. The van der Waals surface area contributed by atoms with E-state index in [1.54, 1.807) is 21.0 Å². The van der Waals surface area contributed by atoms with Gasteiger partial charge in [0.25, 0.3) is 5.91 Å². The normalized spacial score (nSPS) is 18.9. The van der Waals surface area contributed by atoms with Gasteiger partial charge < -0.3 is 15.2 Å². The molecule has 0 saturated heterocycles. The quantitative estimate of drug-likeness (QED) is 0.774. The minimum absolute atomic E-state index is 0.101. The fourth-order valence-corrected chi connectivity index (χ4v) is 2.40. The van der Waals surface area contributed by atoms with E-state index in [1.807, 2.05) is 0 Å². The maximum Gasteiger partial charge on any atom is 0.309 e. The Balaban J connectivity index is 2.48. The van der Waals surface area contributed by atoms with Crippen LogP contribution < -0.4 is 5.32 Å². The Hall–Kier alpha value is -1.10. The third-order valence-electron chi connectivity index (χ3n) is 4.08. The predicted octanol–water partition coefficient (Wildman–Crippen LogP) is 1.95. The molecule has 0 aromatic heterocycles. The van der Waals surface area contributed by atoms with Gasteiger partial charge in [-0.15, -0.1) is 0 Å². The smallest absolute Gasteiger partial charge is 0.309 e. The lowest BCUT2D eigenvalue weighted by Gasteiger charge is -2.34. The molecular weight excluding hydrogens is 246 g/mol. The summed E-state index contributed by atoms with van der Waals surface area (Å²) in [4.78, 5) is 23.2. The third kappa shape index (κ3) is 3.93. The molecule has 0 atom stereocenters. The first kappa shape index (κ1) is 16.0. The lowest BCUT2D eigenvalue weighted by atomic mass is 9.83. The van der Waals surface area contributed by atoms with Gasteiger partial charge >= 0.3 is 5.97 Å². The number of methoxy groups -OCH3 is 1. The number of carboxylic acid groups (broad SMARTS) is 1. The van der Waals surface area contributed by atoms with Gasteiger partial charge in [0, 0.05) is 13.7 Å². The number of nitrogens with one attached hydrogen (secondary N) is 1. The predicted molar refractivity (Wildman–Crippen MR) is 71.9 cm³/mol. The van der Waals surface area contributed by atoms with E-state index in [-0.39, 0.29) is 5.91 Å². The molecule has 1 aliphatic carbocycles. The maximum atomic E-state index is 12.2. The number of rotatable bonds is 6. The van der Waals surface area contributed by atoms with Gasteiger partial charge in [0.1, 0.15) is 5.60 Å². The highest BCUT2D eigenvalue weighted by Gasteiger charge is 2.39. The zero-order valence-electron chi connectivity index (χ0n) is 12.1. The van der Waals surface area contributed by atoms with Gasteiger partial charge in [0.05, 0.1) is 5.41 Å². The molecule has 0 aromatic rings. The van der Waals surface area contributed by atoms with Crippen molar-refractivity contribution in [1.82, 2.24) is 5.32 Å². The number of ether oxygens (including phenoxy) is 1. The fraction of sp³-hybridized carbons (Fsp3) is 0.857. The summed E-state index contributed by atoms with van der Waals surface area (Å²) in [5, 5.41) is 11.8. The minimum atomic E-state index is -0.846. The summed E-state index contributed by atoms with van der Waals surface area (Å²) in [6, 6.07) is 0. The number of amides is 1. The van der Waals surface area contributed by atoms with Crippen molar-refractivity contribution in [2.24, 2.45) is 5.41 Å². The third-order valence-corrected chi connectivity index (χ3v) is 4.08. The van der Waals surface area contributed by atoms with Crippen molar-refractivity contribution >= 4 is 11.9 Å². The fourth-order valence-electron chi connectivity index (χ4n) is 2.40. The van der Waals surface area contributed by atoms with Gasteiger partial charge in [-0.1, -0.05) is 19.3 Å². The first-order chi connectivity index (χ1) is 8.84. The Morgan fingerprint density at radius 2 is 1.84 bits per heavy atom. The molecule has 19 heavy (non-hydrogen) atoms. The van der Waals surface area contributed by atoms with Gasteiger partial charge in [0.2, 0.25) is 0 Å². The molecule has 5 heteroatoms. The molecule has 1 rings (SSSR count). The molecule has 1 saturated carbocycles. The van der Waals surface area contributed by atoms with Crippen LogP contribution in [0.5, 0.6) is 0 Å². The van der Waals surface area contributed by atoms with Crippen LogP contribution in [0.2, 0.25) is 0 Å². The number of aliphatic carboxylic acids is 1. The zero-order valence-corrected chi connectivity index (χ0v) is 12.1. The van der Waals surface area contributed by atoms with E-state index in [0.29, 0.717) is 13.0 Å². The molecule has 0 heterocycles. The highest BCUT2D eigenvalue weighted by molar-refractivity contribution is 5.85. The van der Waals surface area contributed by atoms with Crippen LogP contribution in [0, 0.1) is 5.41 Å². The highest BCUT2D eigenvalue weighted by Crippen LogP contribution is 2.31. The lowest BCUT2D eigenvalue weighted by Crippen LogP contribution is -2.50. The molecular formula is C14H25NO4. The van der Waals surface area contributed by atoms with E-state index in [2.05, 4.69) is 5.32 Å². The molecule has 0 aromatic carbocycles. The van der Waals surface area contributed by atoms with Crippen molar-refractivity contribution < 1.29 is 19.4 Å². The molecule has 2 N–H and O–H groups in total. The van der Waals surface area contributed by atoms with Crippen molar-refractivity contribution in [1.29, 1.82) is 0 Å². The monoisotopic (exact) mass is 271 g/mol. The number of carboxylic acids is 1. The number of hydrogen-bond donors (Lipinski definition) is 2. The molecule has 0 bridgehead atoms. The Bertz CT molecular complexity index is 332. The van der Waals surface area contributed by atoms with E-state index in [9.17, 15) is 9.59 Å². The molecule has 5 nitrogen and oxygen atoms in total. The second kappa shape index (κ2) is 6.37. The number of hydrogen-bond acceptors (Lipinski definition) is 3. The summed E-state index contributed by atoms with van der Waals surface area (Å²) >= 11 is 0.